The van der Waals surface area contributed by atoms with E-state index in [2.05, 4.69) is 10.1 Å². The molecular formula is C23H25N3O5. The fourth-order valence-electron chi connectivity index (χ4n) is 3.73. The number of rotatable bonds is 8. The molecule has 1 aliphatic heterocycles. The average Bonchev–Trinajstić information content (AvgIpc) is 3.44. The highest BCUT2D eigenvalue weighted by Gasteiger charge is 2.34. The van der Waals surface area contributed by atoms with Crippen LogP contribution in [0.3, 0.4) is 0 Å². The van der Waals surface area contributed by atoms with Gasteiger partial charge in [-0.05, 0) is 36.2 Å². The number of carbonyl (C=O) groups excluding carboxylic acids is 1. The molecule has 31 heavy (non-hydrogen) atoms. The number of amides is 1. The quantitative estimate of drug-likeness (QED) is 0.549. The third-order valence-corrected chi connectivity index (χ3v) is 5.45. The largest absolute Gasteiger partial charge is 0.497 e. The summed E-state index contributed by atoms with van der Waals surface area (Å²) in [6, 6.07) is 13.3. The van der Waals surface area contributed by atoms with Crippen molar-refractivity contribution >= 4 is 5.91 Å². The lowest BCUT2D eigenvalue weighted by Crippen LogP contribution is -2.27. The molecular weight excluding hydrogens is 398 g/mol. The molecule has 2 heterocycles. The van der Waals surface area contributed by atoms with E-state index in [9.17, 15) is 4.79 Å². The van der Waals surface area contributed by atoms with Gasteiger partial charge in [-0.3, -0.25) is 4.79 Å². The van der Waals surface area contributed by atoms with Gasteiger partial charge in [-0.25, -0.2) is 0 Å². The summed E-state index contributed by atoms with van der Waals surface area (Å²) in [5, 5.41) is 4.09. The van der Waals surface area contributed by atoms with E-state index in [0.29, 0.717) is 42.7 Å². The van der Waals surface area contributed by atoms with Crippen molar-refractivity contribution in [2.24, 2.45) is 0 Å². The van der Waals surface area contributed by atoms with Gasteiger partial charge in [0, 0.05) is 25.1 Å². The number of nitrogens with zero attached hydrogens (tertiary/aromatic N) is 3. The van der Waals surface area contributed by atoms with Gasteiger partial charge in [0.2, 0.25) is 17.6 Å². The third kappa shape index (κ3) is 4.47. The summed E-state index contributed by atoms with van der Waals surface area (Å²) in [6.45, 7) is 1.17. The Labute approximate surface area is 180 Å². The number of hydrogen-bond donors (Lipinski definition) is 0. The molecule has 0 aliphatic carbocycles. The second kappa shape index (κ2) is 9.07. The molecule has 4 rings (SSSR count). The summed E-state index contributed by atoms with van der Waals surface area (Å²) in [6.07, 6.45) is 1.09. The number of aromatic nitrogens is 2. The van der Waals surface area contributed by atoms with Crippen LogP contribution in [0.4, 0.5) is 0 Å². The van der Waals surface area contributed by atoms with E-state index in [1.165, 1.54) is 0 Å². The molecule has 162 valence electrons. The molecule has 1 aromatic heterocycles. The lowest BCUT2D eigenvalue weighted by atomic mass is 10.1. The van der Waals surface area contributed by atoms with Crippen molar-refractivity contribution in [3.63, 3.8) is 0 Å². The van der Waals surface area contributed by atoms with Gasteiger partial charge in [0.15, 0.2) is 11.5 Å². The summed E-state index contributed by atoms with van der Waals surface area (Å²) < 4.78 is 21.4. The van der Waals surface area contributed by atoms with Gasteiger partial charge in [0.1, 0.15) is 5.75 Å². The maximum absolute atomic E-state index is 12.5. The van der Waals surface area contributed by atoms with E-state index >= 15 is 0 Å². The van der Waals surface area contributed by atoms with E-state index in [1.807, 2.05) is 47.4 Å². The Kier molecular flexibility index (Phi) is 6.06. The smallest absolute Gasteiger partial charge is 0.232 e. The number of carbonyl (C=O) groups is 1. The third-order valence-electron chi connectivity index (χ3n) is 5.45. The van der Waals surface area contributed by atoms with Gasteiger partial charge in [-0.2, -0.15) is 4.98 Å². The van der Waals surface area contributed by atoms with Gasteiger partial charge in [-0.15, -0.1) is 0 Å². The Morgan fingerprint density at radius 3 is 2.68 bits per heavy atom. The first-order valence-electron chi connectivity index (χ1n) is 10.1. The van der Waals surface area contributed by atoms with Gasteiger partial charge in [0.05, 0.1) is 27.2 Å². The summed E-state index contributed by atoms with van der Waals surface area (Å²) in [5.74, 6) is 3.05. The second-order valence-electron chi connectivity index (χ2n) is 7.37. The molecule has 1 amide bonds. The van der Waals surface area contributed by atoms with Crippen molar-refractivity contribution in [1.82, 2.24) is 15.0 Å². The summed E-state index contributed by atoms with van der Waals surface area (Å²) in [7, 11) is 4.83. The predicted octanol–water partition coefficient (Wildman–Crippen LogP) is 3.32. The molecule has 0 spiro atoms. The number of methoxy groups -OCH3 is 3. The Morgan fingerprint density at radius 2 is 1.90 bits per heavy atom. The van der Waals surface area contributed by atoms with Crippen LogP contribution in [0.5, 0.6) is 17.2 Å². The SMILES string of the molecule is COc1cccc(-c2noc(C3CC(=O)N(CCc4ccc(OC)c(OC)c4)C3)n2)c1. The Bertz CT molecular complexity index is 1060. The van der Waals surface area contributed by atoms with Crippen molar-refractivity contribution in [3.8, 4) is 28.6 Å². The fourth-order valence-corrected chi connectivity index (χ4v) is 3.73. The van der Waals surface area contributed by atoms with Gasteiger partial charge in [-0.1, -0.05) is 23.4 Å². The van der Waals surface area contributed by atoms with Crippen LogP contribution in [-0.2, 0) is 11.2 Å². The van der Waals surface area contributed by atoms with E-state index in [4.69, 9.17) is 18.7 Å². The summed E-state index contributed by atoms with van der Waals surface area (Å²) in [5.41, 5.74) is 1.89. The zero-order valence-corrected chi connectivity index (χ0v) is 17.8. The van der Waals surface area contributed by atoms with Crippen LogP contribution in [0.2, 0.25) is 0 Å². The second-order valence-corrected chi connectivity index (χ2v) is 7.37. The highest BCUT2D eigenvalue weighted by atomic mass is 16.5. The molecule has 1 unspecified atom stereocenters. The van der Waals surface area contributed by atoms with Gasteiger partial charge >= 0.3 is 0 Å². The zero-order chi connectivity index (χ0) is 21.8. The molecule has 1 saturated heterocycles. The molecule has 0 bridgehead atoms. The minimum atomic E-state index is -0.107. The maximum atomic E-state index is 12.5. The molecule has 1 fully saturated rings. The molecule has 1 aliphatic rings. The van der Waals surface area contributed by atoms with Crippen LogP contribution in [0, 0.1) is 0 Å². The standard InChI is InChI=1S/C23H25N3O5/c1-28-18-6-4-5-16(12-18)22-24-23(31-25-22)17-13-21(27)26(14-17)10-9-15-7-8-19(29-2)20(11-15)30-3/h4-8,11-12,17H,9-10,13-14H2,1-3H3. The molecule has 0 radical (unpaired) electrons. The highest BCUT2D eigenvalue weighted by molar-refractivity contribution is 5.79. The lowest BCUT2D eigenvalue weighted by Gasteiger charge is -2.16. The predicted molar refractivity (Wildman–Crippen MR) is 113 cm³/mol. The first-order valence-corrected chi connectivity index (χ1v) is 10.1. The van der Waals surface area contributed by atoms with Crippen LogP contribution in [0.1, 0.15) is 23.8 Å². The van der Waals surface area contributed by atoms with Crippen molar-refractivity contribution in [1.29, 1.82) is 0 Å². The van der Waals surface area contributed by atoms with Crippen LogP contribution in [-0.4, -0.2) is 55.4 Å². The van der Waals surface area contributed by atoms with E-state index in [1.54, 1.807) is 21.3 Å². The van der Waals surface area contributed by atoms with E-state index in [-0.39, 0.29) is 11.8 Å². The first kappa shape index (κ1) is 20.7. The van der Waals surface area contributed by atoms with E-state index in [0.717, 1.165) is 23.3 Å². The number of hydrogen-bond acceptors (Lipinski definition) is 7. The van der Waals surface area contributed by atoms with Gasteiger partial charge < -0.3 is 23.6 Å². The number of benzene rings is 2. The molecule has 3 aromatic rings. The van der Waals surface area contributed by atoms with Crippen molar-refractivity contribution < 1.29 is 23.5 Å². The highest BCUT2D eigenvalue weighted by Crippen LogP contribution is 2.31. The first-order chi connectivity index (χ1) is 15.1. The minimum absolute atomic E-state index is 0.0895. The molecule has 2 aromatic carbocycles. The van der Waals surface area contributed by atoms with Gasteiger partial charge in [0.25, 0.3) is 0 Å². The van der Waals surface area contributed by atoms with Crippen molar-refractivity contribution in [2.45, 2.75) is 18.8 Å². The zero-order valence-electron chi connectivity index (χ0n) is 17.8. The molecule has 0 saturated carbocycles. The number of ether oxygens (including phenoxy) is 3. The van der Waals surface area contributed by atoms with Crippen LogP contribution in [0.15, 0.2) is 47.0 Å². The normalized spacial score (nSPS) is 15.9. The van der Waals surface area contributed by atoms with Crippen molar-refractivity contribution in [2.75, 3.05) is 34.4 Å². The van der Waals surface area contributed by atoms with E-state index < -0.39 is 0 Å². The monoisotopic (exact) mass is 423 g/mol. The fraction of sp³-hybridized carbons (Fsp3) is 0.348. The molecule has 8 heteroatoms. The van der Waals surface area contributed by atoms with Crippen LogP contribution < -0.4 is 14.2 Å². The van der Waals surface area contributed by atoms with Crippen LogP contribution in [0.25, 0.3) is 11.4 Å². The summed E-state index contributed by atoms with van der Waals surface area (Å²) >= 11 is 0. The average molecular weight is 423 g/mol. The molecule has 8 nitrogen and oxygen atoms in total. The Balaban J connectivity index is 1.40. The molecule has 1 atom stereocenters. The minimum Gasteiger partial charge on any atom is -0.497 e. The number of likely N-dealkylation sites (tertiary alicyclic amines) is 1. The topological polar surface area (TPSA) is 86.9 Å². The Morgan fingerprint density at radius 1 is 1.06 bits per heavy atom. The lowest BCUT2D eigenvalue weighted by molar-refractivity contribution is -0.127. The molecule has 0 N–H and O–H groups in total. The van der Waals surface area contributed by atoms with Crippen LogP contribution >= 0.6 is 0 Å². The summed E-state index contributed by atoms with van der Waals surface area (Å²) in [4.78, 5) is 18.9. The van der Waals surface area contributed by atoms with Crippen molar-refractivity contribution in [3.05, 3.63) is 53.9 Å². The maximum Gasteiger partial charge on any atom is 0.232 e. The Hall–Kier alpha value is -3.55.